The van der Waals surface area contributed by atoms with E-state index >= 15 is 0 Å². The molecule has 0 spiro atoms. The summed E-state index contributed by atoms with van der Waals surface area (Å²) in [5.74, 6) is 1.98. The van der Waals surface area contributed by atoms with Gasteiger partial charge in [-0.15, -0.1) is 0 Å². The van der Waals surface area contributed by atoms with E-state index in [1.807, 2.05) is 12.1 Å². The predicted octanol–water partition coefficient (Wildman–Crippen LogP) is 4.08. The number of fused-ring (bicyclic) bond motifs is 1. The van der Waals surface area contributed by atoms with Gasteiger partial charge in [-0.05, 0) is 37.5 Å². The second kappa shape index (κ2) is 5.24. The van der Waals surface area contributed by atoms with Gasteiger partial charge in [0.1, 0.15) is 5.82 Å². The number of benzene rings is 1. The Morgan fingerprint density at radius 1 is 1.26 bits per heavy atom. The van der Waals surface area contributed by atoms with Gasteiger partial charge in [-0.1, -0.05) is 26.2 Å². The van der Waals surface area contributed by atoms with E-state index in [0.717, 1.165) is 17.7 Å². The lowest BCUT2D eigenvalue weighted by Gasteiger charge is -2.08. The standard InChI is InChI=1S/C16H23N3/c1-2-3-4-5-10-19-15-9-8-13(17)11-14(15)18-16(19)12-6-7-12/h8-9,11-12H,2-7,10,17H2,1H3. The van der Waals surface area contributed by atoms with Crippen LogP contribution >= 0.6 is 0 Å². The fourth-order valence-electron chi connectivity index (χ4n) is 2.75. The van der Waals surface area contributed by atoms with Crippen LogP contribution in [0.25, 0.3) is 11.0 Å². The number of hydrogen-bond donors (Lipinski definition) is 1. The fourth-order valence-corrected chi connectivity index (χ4v) is 2.75. The van der Waals surface area contributed by atoms with Crippen molar-refractivity contribution in [3.63, 3.8) is 0 Å². The number of anilines is 1. The van der Waals surface area contributed by atoms with Crippen molar-refractivity contribution in [3.05, 3.63) is 24.0 Å². The number of aromatic nitrogens is 2. The highest BCUT2D eigenvalue weighted by molar-refractivity contribution is 5.79. The molecule has 2 N–H and O–H groups in total. The van der Waals surface area contributed by atoms with Crippen LogP contribution in [0.4, 0.5) is 5.69 Å². The molecule has 1 fully saturated rings. The fraction of sp³-hybridized carbons (Fsp3) is 0.562. The molecule has 1 aliphatic carbocycles. The highest BCUT2D eigenvalue weighted by atomic mass is 15.1. The van der Waals surface area contributed by atoms with Crippen molar-refractivity contribution >= 4 is 16.7 Å². The van der Waals surface area contributed by atoms with Crippen molar-refractivity contribution in [1.82, 2.24) is 9.55 Å². The van der Waals surface area contributed by atoms with Crippen LogP contribution in [0.5, 0.6) is 0 Å². The molecule has 3 nitrogen and oxygen atoms in total. The average Bonchev–Trinajstić information content (AvgIpc) is 3.18. The molecule has 2 aromatic rings. The monoisotopic (exact) mass is 257 g/mol. The van der Waals surface area contributed by atoms with E-state index in [4.69, 9.17) is 10.7 Å². The lowest BCUT2D eigenvalue weighted by atomic mass is 10.2. The Morgan fingerprint density at radius 2 is 2.11 bits per heavy atom. The summed E-state index contributed by atoms with van der Waals surface area (Å²) in [6.45, 7) is 3.36. The number of nitrogen functional groups attached to an aromatic ring is 1. The average molecular weight is 257 g/mol. The first-order valence-corrected chi connectivity index (χ1v) is 7.55. The van der Waals surface area contributed by atoms with E-state index < -0.39 is 0 Å². The number of hydrogen-bond acceptors (Lipinski definition) is 2. The normalized spacial score (nSPS) is 15.2. The molecule has 1 aromatic heterocycles. The van der Waals surface area contributed by atoms with Crippen molar-refractivity contribution in [3.8, 4) is 0 Å². The summed E-state index contributed by atoms with van der Waals surface area (Å²) >= 11 is 0. The van der Waals surface area contributed by atoms with E-state index in [-0.39, 0.29) is 0 Å². The summed E-state index contributed by atoms with van der Waals surface area (Å²) in [6, 6.07) is 6.12. The van der Waals surface area contributed by atoms with Crippen molar-refractivity contribution in [2.75, 3.05) is 5.73 Å². The van der Waals surface area contributed by atoms with E-state index in [2.05, 4.69) is 17.6 Å². The van der Waals surface area contributed by atoms with Crippen molar-refractivity contribution < 1.29 is 0 Å². The van der Waals surface area contributed by atoms with Crippen molar-refractivity contribution in [2.45, 2.75) is 57.9 Å². The van der Waals surface area contributed by atoms with Gasteiger partial charge in [0.2, 0.25) is 0 Å². The maximum atomic E-state index is 5.87. The van der Waals surface area contributed by atoms with Gasteiger partial charge in [0.15, 0.2) is 0 Å². The molecule has 0 amide bonds. The third-order valence-electron chi connectivity index (χ3n) is 3.98. The lowest BCUT2D eigenvalue weighted by molar-refractivity contribution is 0.575. The molecule has 3 rings (SSSR count). The Balaban J connectivity index is 1.88. The Labute approximate surface area is 114 Å². The van der Waals surface area contributed by atoms with Gasteiger partial charge < -0.3 is 10.3 Å². The third kappa shape index (κ3) is 2.60. The van der Waals surface area contributed by atoms with E-state index in [0.29, 0.717) is 5.92 Å². The largest absolute Gasteiger partial charge is 0.399 e. The summed E-state index contributed by atoms with van der Waals surface area (Å²) in [4.78, 5) is 4.82. The summed E-state index contributed by atoms with van der Waals surface area (Å²) in [7, 11) is 0. The van der Waals surface area contributed by atoms with Gasteiger partial charge in [-0.25, -0.2) is 4.98 Å². The van der Waals surface area contributed by atoms with Crippen molar-refractivity contribution in [1.29, 1.82) is 0 Å². The Bertz CT molecular complexity index is 567. The minimum absolute atomic E-state index is 0.694. The molecule has 1 aromatic carbocycles. The zero-order valence-electron chi connectivity index (χ0n) is 11.7. The van der Waals surface area contributed by atoms with Gasteiger partial charge in [-0.2, -0.15) is 0 Å². The first-order chi connectivity index (χ1) is 9.29. The molecule has 0 saturated heterocycles. The molecule has 0 aliphatic heterocycles. The zero-order valence-corrected chi connectivity index (χ0v) is 11.7. The van der Waals surface area contributed by atoms with E-state index in [1.54, 1.807) is 0 Å². The number of imidazole rings is 1. The molecule has 0 atom stereocenters. The Hall–Kier alpha value is -1.51. The lowest BCUT2D eigenvalue weighted by Crippen LogP contribution is -2.03. The van der Waals surface area contributed by atoms with E-state index in [1.165, 1.54) is 49.9 Å². The topological polar surface area (TPSA) is 43.8 Å². The summed E-state index contributed by atoms with van der Waals surface area (Å²) in [5.41, 5.74) is 9.00. The number of unbranched alkanes of at least 4 members (excludes halogenated alkanes) is 3. The molecule has 0 radical (unpaired) electrons. The summed E-state index contributed by atoms with van der Waals surface area (Å²) in [6.07, 6.45) is 7.79. The molecule has 3 heteroatoms. The number of nitrogens with two attached hydrogens (primary N) is 1. The Morgan fingerprint density at radius 3 is 2.84 bits per heavy atom. The smallest absolute Gasteiger partial charge is 0.112 e. The van der Waals surface area contributed by atoms with Gasteiger partial charge in [0.05, 0.1) is 11.0 Å². The van der Waals surface area contributed by atoms with Crippen LogP contribution in [0.1, 0.15) is 57.2 Å². The highest BCUT2D eigenvalue weighted by Crippen LogP contribution is 2.41. The van der Waals surface area contributed by atoms with Gasteiger partial charge >= 0.3 is 0 Å². The van der Waals surface area contributed by atoms with Gasteiger partial charge in [-0.3, -0.25) is 0 Å². The van der Waals surface area contributed by atoms with Crippen molar-refractivity contribution in [2.24, 2.45) is 0 Å². The Kier molecular flexibility index (Phi) is 3.45. The number of rotatable bonds is 6. The number of aryl methyl sites for hydroxylation is 1. The minimum atomic E-state index is 0.694. The van der Waals surface area contributed by atoms with Crippen LogP contribution in [-0.4, -0.2) is 9.55 Å². The highest BCUT2D eigenvalue weighted by Gasteiger charge is 2.29. The van der Waals surface area contributed by atoms with Crippen LogP contribution in [0.15, 0.2) is 18.2 Å². The molecule has 0 unspecified atom stereocenters. The first-order valence-electron chi connectivity index (χ1n) is 7.55. The zero-order chi connectivity index (χ0) is 13.2. The SMILES string of the molecule is CCCCCCn1c(C2CC2)nc2cc(N)ccc21. The minimum Gasteiger partial charge on any atom is -0.399 e. The molecule has 1 heterocycles. The van der Waals surface area contributed by atoms with Crippen LogP contribution in [0, 0.1) is 0 Å². The van der Waals surface area contributed by atoms with Crippen LogP contribution in [0.2, 0.25) is 0 Å². The second-order valence-electron chi connectivity index (χ2n) is 5.70. The third-order valence-corrected chi connectivity index (χ3v) is 3.98. The first kappa shape index (κ1) is 12.5. The van der Waals surface area contributed by atoms with E-state index in [9.17, 15) is 0 Å². The maximum Gasteiger partial charge on any atom is 0.112 e. The molecule has 0 bridgehead atoms. The predicted molar refractivity (Wildman–Crippen MR) is 80.3 cm³/mol. The maximum absolute atomic E-state index is 5.87. The van der Waals surface area contributed by atoms with Crippen LogP contribution in [-0.2, 0) is 6.54 Å². The van der Waals surface area contributed by atoms with Crippen LogP contribution < -0.4 is 5.73 Å². The molecule has 1 saturated carbocycles. The summed E-state index contributed by atoms with van der Waals surface area (Å²) in [5, 5.41) is 0. The quantitative estimate of drug-likeness (QED) is 0.626. The molecular weight excluding hydrogens is 234 g/mol. The van der Waals surface area contributed by atoms with Crippen LogP contribution in [0.3, 0.4) is 0 Å². The summed E-state index contributed by atoms with van der Waals surface area (Å²) < 4.78 is 2.43. The number of nitrogens with zero attached hydrogens (tertiary/aromatic N) is 2. The molecule has 102 valence electrons. The second-order valence-corrected chi connectivity index (χ2v) is 5.70. The van der Waals surface area contributed by atoms with Gasteiger partial charge in [0, 0.05) is 18.2 Å². The molecule has 1 aliphatic rings. The molecule has 19 heavy (non-hydrogen) atoms. The molecular formula is C16H23N3. The van der Waals surface area contributed by atoms with Gasteiger partial charge in [0.25, 0.3) is 0 Å².